The van der Waals surface area contributed by atoms with Gasteiger partial charge < -0.3 is 34.8 Å². The van der Waals surface area contributed by atoms with E-state index in [9.17, 15) is 14.4 Å². The maximum atomic E-state index is 14.0. The molecule has 10 heteroatoms. The van der Waals surface area contributed by atoms with Crippen LogP contribution in [-0.2, 0) is 16.1 Å². The van der Waals surface area contributed by atoms with Gasteiger partial charge in [-0.25, -0.2) is 4.79 Å². The molecule has 2 saturated heterocycles. The van der Waals surface area contributed by atoms with Gasteiger partial charge in [0.15, 0.2) is 11.5 Å². The monoisotopic (exact) mass is 583 g/mol. The largest absolute Gasteiger partial charge is 0.454 e. The standard InChI is InChI=1S/C33H37N5O5/c1-23(2)25-9-11-26(12-10-25)35-32(41)36-16-14-33(15-17-36)31(40)37(21-38(33)27-6-4-3-5-7-27)20-30(39)34-19-24-8-13-28-29(18-24)43-22-42-28/h3-13,18,23H,14-17,19-22H2,1-2H3,(H,34,39)(H,35,41). The third-order valence-electron chi connectivity index (χ3n) is 8.55. The summed E-state index contributed by atoms with van der Waals surface area (Å²) in [4.78, 5) is 45.6. The molecule has 1 spiro atoms. The van der Waals surface area contributed by atoms with Crippen LogP contribution in [0.3, 0.4) is 0 Å². The number of fused-ring (bicyclic) bond motifs is 1. The first-order valence-electron chi connectivity index (χ1n) is 14.8. The Kier molecular flexibility index (Phi) is 7.84. The summed E-state index contributed by atoms with van der Waals surface area (Å²) < 4.78 is 10.8. The fourth-order valence-electron chi connectivity index (χ4n) is 6.04. The van der Waals surface area contributed by atoms with Gasteiger partial charge in [0.25, 0.3) is 5.91 Å². The molecule has 0 bridgehead atoms. The number of anilines is 2. The van der Waals surface area contributed by atoms with E-state index in [1.807, 2.05) is 72.8 Å². The molecule has 3 aliphatic rings. The lowest BCUT2D eigenvalue weighted by Crippen LogP contribution is -2.58. The summed E-state index contributed by atoms with van der Waals surface area (Å²) >= 11 is 0. The summed E-state index contributed by atoms with van der Waals surface area (Å²) in [6, 6.07) is 23.1. The molecule has 2 N–H and O–H groups in total. The fourth-order valence-corrected chi connectivity index (χ4v) is 6.04. The number of ether oxygens (including phenoxy) is 2. The van der Waals surface area contributed by atoms with Gasteiger partial charge in [-0.1, -0.05) is 50.2 Å². The minimum absolute atomic E-state index is 0.0506. The number of rotatable bonds is 7. The van der Waals surface area contributed by atoms with Crippen LogP contribution in [0.2, 0.25) is 0 Å². The number of nitrogens with zero attached hydrogens (tertiary/aromatic N) is 3. The number of likely N-dealkylation sites (tertiary alicyclic amines) is 1. The summed E-state index contributed by atoms with van der Waals surface area (Å²) in [7, 11) is 0. The first-order chi connectivity index (χ1) is 20.8. The van der Waals surface area contributed by atoms with Crippen molar-refractivity contribution in [2.45, 2.75) is 44.7 Å². The second kappa shape index (κ2) is 11.9. The van der Waals surface area contributed by atoms with E-state index < -0.39 is 5.54 Å². The topological polar surface area (TPSA) is 103 Å². The molecule has 0 atom stereocenters. The molecule has 2 fully saturated rings. The number of piperidine rings is 1. The molecule has 3 aromatic rings. The van der Waals surface area contributed by atoms with E-state index >= 15 is 0 Å². The Hall–Kier alpha value is -4.73. The van der Waals surface area contributed by atoms with Gasteiger partial charge in [0, 0.05) is 31.0 Å². The Morgan fingerprint density at radius 1 is 0.930 bits per heavy atom. The lowest BCUT2D eigenvalue weighted by atomic mass is 9.85. The van der Waals surface area contributed by atoms with Crippen molar-refractivity contribution in [2.75, 3.05) is 43.3 Å². The quantitative estimate of drug-likeness (QED) is 0.424. The molecule has 0 saturated carbocycles. The van der Waals surface area contributed by atoms with E-state index in [2.05, 4.69) is 29.4 Å². The molecule has 3 heterocycles. The molecule has 6 rings (SSSR count). The Bertz CT molecular complexity index is 1490. The van der Waals surface area contributed by atoms with Crippen LogP contribution in [-0.4, -0.2) is 66.3 Å². The molecule has 0 aromatic heterocycles. The zero-order chi connectivity index (χ0) is 30.0. The van der Waals surface area contributed by atoms with Crippen molar-refractivity contribution in [2.24, 2.45) is 0 Å². The second-order valence-corrected chi connectivity index (χ2v) is 11.6. The van der Waals surface area contributed by atoms with Crippen LogP contribution in [0.15, 0.2) is 72.8 Å². The van der Waals surface area contributed by atoms with Gasteiger partial charge in [0.1, 0.15) is 12.1 Å². The van der Waals surface area contributed by atoms with E-state index in [1.54, 1.807) is 9.80 Å². The zero-order valence-corrected chi connectivity index (χ0v) is 24.5. The predicted octanol–water partition coefficient (Wildman–Crippen LogP) is 4.53. The average Bonchev–Trinajstić information content (AvgIpc) is 3.59. The van der Waals surface area contributed by atoms with Crippen LogP contribution < -0.4 is 25.0 Å². The van der Waals surface area contributed by atoms with E-state index in [0.717, 1.165) is 16.9 Å². The Balaban J connectivity index is 1.11. The molecule has 0 radical (unpaired) electrons. The van der Waals surface area contributed by atoms with Crippen molar-refractivity contribution in [3.8, 4) is 11.5 Å². The van der Waals surface area contributed by atoms with E-state index in [4.69, 9.17) is 9.47 Å². The van der Waals surface area contributed by atoms with Crippen LogP contribution in [0, 0.1) is 0 Å². The Morgan fingerprint density at radius 2 is 1.65 bits per heavy atom. The van der Waals surface area contributed by atoms with Gasteiger partial charge in [0.05, 0.1) is 6.67 Å². The predicted molar refractivity (Wildman–Crippen MR) is 163 cm³/mol. The molecule has 0 aliphatic carbocycles. The van der Waals surface area contributed by atoms with Crippen LogP contribution >= 0.6 is 0 Å². The first-order valence-corrected chi connectivity index (χ1v) is 14.8. The van der Waals surface area contributed by atoms with Gasteiger partial charge in [-0.3, -0.25) is 9.59 Å². The van der Waals surface area contributed by atoms with Crippen LogP contribution in [0.4, 0.5) is 16.2 Å². The number of urea groups is 1. The highest BCUT2D eigenvalue weighted by atomic mass is 16.7. The maximum Gasteiger partial charge on any atom is 0.321 e. The van der Waals surface area contributed by atoms with Gasteiger partial charge in [-0.2, -0.15) is 0 Å². The number of carbonyl (C=O) groups is 3. The third kappa shape index (κ3) is 5.82. The number of nitrogens with one attached hydrogen (secondary N) is 2. The van der Waals surface area contributed by atoms with E-state index in [-0.39, 0.29) is 31.2 Å². The summed E-state index contributed by atoms with van der Waals surface area (Å²) in [5.74, 6) is 1.44. The van der Waals surface area contributed by atoms with Gasteiger partial charge in [-0.15, -0.1) is 0 Å². The number of amides is 4. The Labute approximate surface area is 251 Å². The van der Waals surface area contributed by atoms with Crippen molar-refractivity contribution in [1.82, 2.24) is 15.1 Å². The second-order valence-electron chi connectivity index (χ2n) is 11.6. The fraction of sp³-hybridized carbons (Fsp3) is 0.364. The van der Waals surface area contributed by atoms with Crippen molar-refractivity contribution in [3.05, 3.63) is 83.9 Å². The van der Waals surface area contributed by atoms with Crippen LogP contribution in [0.1, 0.15) is 43.7 Å². The summed E-state index contributed by atoms with van der Waals surface area (Å²) in [5, 5.41) is 5.93. The molecular weight excluding hydrogens is 546 g/mol. The number of benzene rings is 3. The van der Waals surface area contributed by atoms with Crippen molar-refractivity contribution in [3.63, 3.8) is 0 Å². The highest BCUT2D eigenvalue weighted by molar-refractivity contribution is 5.97. The summed E-state index contributed by atoms with van der Waals surface area (Å²) in [6.45, 7) is 5.87. The number of para-hydroxylation sites is 1. The van der Waals surface area contributed by atoms with Crippen LogP contribution in [0.25, 0.3) is 0 Å². The third-order valence-corrected chi connectivity index (χ3v) is 8.55. The lowest BCUT2D eigenvalue weighted by molar-refractivity contribution is -0.137. The minimum Gasteiger partial charge on any atom is -0.454 e. The van der Waals surface area contributed by atoms with Gasteiger partial charge in [-0.05, 0) is 66.3 Å². The highest BCUT2D eigenvalue weighted by Gasteiger charge is 2.54. The van der Waals surface area contributed by atoms with Gasteiger partial charge >= 0.3 is 6.03 Å². The van der Waals surface area contributed by atoms with Crippen molar-refractivity contribution >= 4 is 29.2 Å². The normalized spacial score (nSPS) is 17.1. The maximum absolute atomic E-state index is 14.0. The lowest BCUT2D eigenvalue weighted by Gasteiger charge is -2.43. The molecule has 10 nitrogen and oxygen atoms in total. The molecule has 3 aliphatic heterocycles. The van der Waals surface area contributed by atoms with Gasteiger partial charge in [0.2, 0.25) is 12.7 Å². The highest BCUT2D eigenvalue weighted by Crippen LogP contribution is 2.39. The summed E-state index contributed by atoms with van der Waals surface area (Å²) in [6.07, 6.45) is 0.936. The minimum atomic E-state index is -0.825. The number of carbonyl (C=O) groups excluding carboxylic acids is 3. The molecule has 3 aromatic carbocycles. The zero-order valence-electron chi connectivity index (χ0n) is 24.5. The first kappa shape index (κ1) is 28.4. The molecular formula is C33H37N5O5. The molecule has 43 heavy (non-hydrogen) atoms. The summed E-state index contributed by atoms with van der Waals surface area (Å²) in [5.41, 5.74) is 2.94. The number of hydrogen-bond acceptors (Lipinski definition) is 6. The average molecular weight is 584 g/mol. The molecule has 4 amide bonds. The smallest absolute Gasteiger partial charge is 0.321 e. The number of hydrogen-bond donors (Lipinski definition) is 2. The van der Waals surface area contributed by atoms with E-state index in [1.165, 1.54) is 5.56 Å². The van der Waals surface area contributed by atoms with Crippen molar-refractivity contribution < 1.29 is 23.9 Å². The van der Waals surface area contributed by atoms with Crippen molar-refractivity contribution in [1.29, 1.82) is 0 Å². The SMILES string of the molecule is CC(C)c1ccc(NC(=O)N2CCC3(CC2)C(=O)N(CC(=O)NCc2ccc4c(c2)OCO4)CN3c2ccccc2)cc1. The van der Waals surface area contributed by atoms with Crippen LogP contribution in [0.5, 0.6) is 11.5 Å². The van der Waals surface area contributed by atoms with E-state index in [0.29, 0.717) is 56.6 Å². The Morgan fingerprint density at radius 3 is 2.37 bits per heavy atom. The molecule has 0 unspecified atom stereocenters. The molecule has 224 valence electrons.